The van der Waals surface area contributed by atoms with Gasteiger partial charge >= 0.3 is 0 Å². The average Bonchev–Trinajstić information content (AvgIpc) is 2.74. The molecule has 0 unspecified atom stereocenters. The molecule has 1 aliphatic carbocycles. The smallest absolute Gasteiger partial charge is 0.154 e. The monoisotopic (exact) mass is 166 g/mol. The molecular weight excluding hydrogens is 152 g/mol. The summed E-state index contributed by atoms with van der Waals surface area (Å²) in [4.78, 5) is 0. The molecule has 12 heavy (non-hydrogen) atoms. The fraction of sp³-hybridized carbons (Fsp3) is 0.875. The Morgan fingerprint density at radius 1 is 1.42 bits per heavy atom. The maximum atomic E-state index is 4.07. The molecule has 0 saturated heterocycles. The van der Waals surface area contributed by atoms with Crippen molar-refractivity contribution in [3.63, 3.8) is 0 Å². The van der Waals surface area contributed by atoms with Gasteiger partial charge in [0.25, 0.3) is 0 Å². The van der Waals surface area contributed by atoms with Crippen molar-refractivity contribution in [1.29, 1.82) is 0 Å². The summed E-state index contributed by atoms with van der Waals surface area (Å²) in [5.41, 5.74) is 0. The van der Waals surface area contributed by atoms with Gasteiger partial charge in [-0.2, -0.15) is 0 Å². The summed E-state index contributed by atoms with van der Waals surface area (Å²) in [5.74, 6) is 1.72. The number of hydrogen-bond donors (Lipinski definition) is 0. The van der Waals surface area contributed by atoms with Crippen LogP contribution in [0.2, 0.25) is 0 Å². The first kappa shape index (κ1) is 7.71. The van der Waals surface area contributed by atoms with Crippen molar-refractivity contribution >= 4 is 0 Å². The minimum absolute atomic E-state index is 0.625. The van der Waals surface area contributed by atoms with Crippen LogP contribution in [0.4, 0.5) is 0 Å². The first-order valence-corrected chi connectivity index (χ1v) is 4.68. The number of aromatic nitrogens is 4. The van der Waals surface area contributed by atoms with Gasteiger partial charge in [0.2, 0.25) is 0 Å². The predicted molar refractivity (Wildman–Crippen MR) is 44.7 cm³/mol. The van der Waals surface area contributed by atoms with Gasteiger partial charge in [0.1, 0.15) is 0 Å². The molecule has 66 valence electrons. The van der Waals surface area contributed by atoms with E-state index < -0.39 is 0 Å². The lowest BCUT2D eigenvalue weighted by atomic mass is 10.1. The molecule has 0 bridgehead atoms. The van der Waals surface area contributed by atoms with Gasteiger partial charge in [0.15, 0.2) is 5.82 Å². The Kier molecular flexibility index (Phi) is 2.06. The first-order chi connectivity index (χ1) is 5.92. The van der Waals surface area contributed by atoms with Crippen LogP contribution < -0.4 is 0 Å². The molecule has 1 heterocycles. The second kappa shape index (κ2) is 3.21. The van der Waals surface area contributed by atoms with Gasteiger partial charge in [-0.1, -0.05) is 12.8 Å². The second-order valence-corrected chi connectivity index (χ2v) is 3.33. The largest absolute Gasteiger partial charge is 0.230 e. The third kappa shape index (κ3) is 1.21. The van der Waals surface area contributed by atoms with Gasteiger partial charge < -0.3 is 0 Å². The fourth-order valence-electron chi connectivity index (χ4n) is 1.91. The van der Waals surface area contributed by atoms with E-state index in [9.17, 15) is 0 Å². The van der Waals surface area contributed by atoms with Gasteiger partial charge in [-0.05, 0) is 30.2 Å². The Hall–Kier alpha value is -0.930. The molecule has 0 N–H and O–H groups in total. The van der Waals surface area contributed by atoms with E-state index in [0.29, 0.717) is 5.92 Å². The summed E-state index contributed by atoms with van der Waals surface area (Å²) in [6.45, 7) is 2.97. The van der Waals surface area contributed by atoms with E-state index in [-0.39, 0.29) is 0 Å². The summed E-state index contributed by atoms with van der Waals surface area (Å²) >= 11 is 0. The molecule has 1 aliphatic rings. The molecule has 2 rings (SSSR count). The van der Waals surface area contributed by atoms with Crippen LogP contribution in [0.25, 0.3) is 0 Å². The van der Waals surface area contributed by atoms with Crippen molar-refractivity contribution in [3.05, 3.63) is 5.82 Å². The van der Waals surface area contributed by atoms with Gasteiger partial charge in [-0.3, -0.25) is 0 Å². The summed E-state index contributed by atoms with van der Waals surface area (Å²) < 4.78 is 1.91. The van der Waals surface area contributed by atoms with Crippen LogP contribution in [0.5, 0.6) is 0 Å². The second-order valence-electron chi connectivity index (χ2n) is 3.33. The molecule has 1 aromatic heterocycles. The Balaban J connectivity index is 2.19. The maximum Gasteiger partial charge on any atom is 0.154 e. The Labute approximate surface area is 72.0 Å². The van der Waals surface area contributed by atoms with Crippen LogP contribution in [0.1, 0.15) is 44.3 Å². The Morgan fingerprint density at radius 2 is 2.17 bits per heavy atom. The van der Waals surface area contributed by atoms with E-state index >= 15 is 0 Å². The average molecular weight is 166 g/mol. The highest BCUT2D eigenvalue weighted by Gasteiger charge is 2.22. The predicted octanol–water partition coefficient (Wildman–Crippen LogP) is 1.35. The van der Waals surface area contributed by atoms with E-state index in [1.807, 2.05) is 4.68 Å². The van der Waals surface area contributed by atoms with E-state index in [2.05, 4.69) is 22.4 Å². The minimum atomic E-state index is 0.625. The molecule has 0 amide bonds. The quantitative estimate of drug-likeness (QED) is 0.666. The van der Waals surface area contributed by atoms with Crippen molar-refractivity contribution in [3.8, 4) is 0 Å². The number of hydrogen-bond acceptors (Lipinski definition) is 3. The molecular formula is C8H14N4. The van der Waals surface area contributed by atoms with E-state index in [4.69, 9.17) is 0 Å². The molecule has 1 fully saturated rings. The zero-order chi connectivity index (χ0) is 8.39. The molecule has 0 spiro atoms. The molecule has 0 aliphatic heterocycles. The zero-order valence-electron chi connectivity index (χ0n) is 7.40. The molecule has 0 radical (unpaired) electrons. The summed E-state index contributed by atoms with van der Waals surface area (Å²) in [5, 5.41) is 11.7. The van der Waals surface area contributed by atoms with Gasteiger partial charge in [-0.15, -0.1) is 5.10 Å². The third-order valence-electron chi connectivity index (χ3n) is 2.58. The fourth-order valence-corrected chi connectivity index (χ4v) is 1.91. The molecule has 1 aromatic rings. The van der Waals surface area contributed by atoms with E-state index in [1.54, 1.807) is 0 Å². The van der Waals surface area contributed by atoms with Crippen LogP contribution in [-0.2, 0) is 6.54 Å². The van der Waals surface area contributed by atoms with Crippen molar-refractivity contribution in [2.75, 3.05) is 0 Å². The Morgan fingerprint density at radius 3 is 2.83 bits per heavy atom. The van der Waals surface area contributed by atoms with Crippen LogP contribution in [0.15, 0.2) is 0 Å². The van der Waals surface area contributed by atoms with Crippen LogP contribution in [0.3, 0.4) is 0 Å². The SMILES string of the molecule is CCn1nnnc1C1CCCC1. The first-order valence-electron chi connectivity index (χ1n) is 4.68. The summed E-state index contributed by atoms with van der Waals surface area (Å²) in [6.07, 6.45) is 5.20. The zero-order valence-corrected chi connectivity index (χ0v) is 7.40. The maximum absolute atomic E-state index is 4.07. The van der Waals surface area contributed by atoms with Crippen molar-refractivity contribution in [2.45, 2.75) is 45.1 Å². The van der Waals surface area contributed by atoms with Gasteiger partial charge in [0, 0.05) is 12.5 Å². The molecule has 0 aromatic carbocycles. The third-order valence-corrected chi connectivity index (χ3v) is 2.58. The van der Waals surface area contributed by atoms with Crippen LogP contribution in [-0.4, -0.2) is 20.2 Å². The molecule has 0 atom stereocenters. The lowest BCUT2D eigenvalue weighted by molar-refractivity contribution is 0.551. The Bertz CT molecular complexity index is 249. The highest BCUT2D eigenvalue weighted by molar-refractivity contribution is 4.95. The van der Waals surface area contributed by atoms with E-state index in [0.717, 1.165) is 12.4 Å². The highest BCUT2D eigenvalue weighted by Crippen LogP contribution is 2.32. The summed E-state index contributed by atoms with van der Waals surface area (Å²) in [7, 11) is 0. The number of aryl methyl sites for hydroxylation is 1. The van der Waals surface area contributed by atoms with Crippen LogP contribution in [0, 0.1) is 0 Å². The van der Waals surface area contributed by atoms with Crippen LogP contribution >= 0.6 is 0 Å². The number of tetrazole rings is 1. The lowest BCUT2D eigenvalue weighted by Crippen LogP contribution is -2.06. The van der Waals surface area contributed by atoms with E-state index in [1.165, 1.54) is 25.7 Å². The number of rotatable bonds is 2. The standard InChI is InChI=1S/C8H14N4/c1-2-12-8(9-10-11-12)7-5-3-4-6-7/h7H,2-6H2,1H3. The summed E-state index contributed by atoms with van der Waals surface area (Å²) in [6, 6.07) is 0. The number of nitrogens with zero attached hydrogens (tertiary/aromatic N) is 4. The normalized spacial score (nSPS) is 18.8. The molecule has 1 saturated carbocycles. The lowest BCUT2D eigenvalue weighted by Gasteiger charge is -2.06. The molecule has 4 nitrogen and oxygen atoms in total. The highest BCUT2D eigenvalue weighted by atomic mass is 15.5. The topological polar surface area (TPSA) is 43.6 Å². The van der Waals surface area contributed by atoms with Crippen molar-refractivity contribution < 1.29 is 0 Å². The van der Waals surface area contributed by atoms with Gasteiger partial charge in [0.05, 0.1) is 0 Å². The van der Waals surface area contributed by atoms with Crippen molar-refractivity contribution in [1.82, 2.24) is 20.2 Å². The molecule has 4 heteroatoms. The van der Waals surface area contributed by atoms with Gasteiger partial charge in [-0.25, -0.2) is 4.68 Å². The van der Waals surface area contributed by atoms with Crippen molar-refractivity contribution in [2.24, 2.45) is 0 Å². The minimum Gasteiger partial charge on any atom is -0.230 e.